The van der Waals surface area contributed by atoms with Crippen molar-refractivity contribution in [1.29, 1.82) is 0 Å². The molecule has 0 heterocycles. The largest absolute Gasteiger partial charge is 0.494 e. The first-order chi connectivity index (χ1) is 10.2. The summed E-state index contributed by atoms with van der Waals surface area (Å²) >= 11 is 4.96. The molecule has 2 rings (SSSR count). The summed E-state index contributed by atoms with van der Waals surface area (Å²) in [7, 11) is 2.09. The lowest BCUT2D eigenvalue weighted by atomic mass is 10.2. The van der Waals surface area contributed by atoms with E-state index in [1.807, 2.05) is 42.5 Å². The van der Waals surface area contributed by atoms with Crippen molar-refractivity contribution in [3.63, 3.8) is 0 Å². The fourth-order valence-corrected chi connectivity index (χ4v) is 2.17. The van der Waals surface area contributed by atoms with Crippen molar-refractivity contribution in [2.75, 3.05) is 25.1 Å². The molecule has 2 aromatic rings. The second-order valence-electron chi connectivity index (χ2n) is 4.85. The van der Waals surface area contributed by atoms with Gasteiger partial charge in [-0.05, 0) is 30.7 Å². The first kappa shape index (κ1) is 15.3. The standard InChI is InChI=1S/C17H20N2OS/c1-19(15-8-3-2-4-9-15)11-6-12-20-16-10-5-7-14(13-16)17(18)21/h2-5,7-10,13H,6,11-12H2,1H3,(H2,18,21). The number of thiocarbonyl (C=S) groups is 1. The monoisotopic (exact) mass is 300 g/mol. The zero-order valence-electron chi connectivity index (χ0n) is 12.2. The fourth-order valence-electron chi connectivity index (χ4n) is 2.04. The summed E-state index contributed by atoms with van der Waals surface area (Å²) in [5.41, 5.74) is 7.66. The van der Waals surface area contributed by atoms with Gasteiger partial charge in [0, 0.05) is 24.8 Å². The minimum atomic E-state index is 0.393. The predicted octanol–water partition coefficient (Wildman–Crippen LogP) is 3.23. The number of anilines is 1. The zero-order valence-corrected chi connectivity index (χ0v) is 13.0. The van der Waals surface area contributed by atoms with Gasteiger partial charge in [0.15, 0.2) is 0 Å². The molecule has 0 unspecified atom stereocenters. The van der Waals surface area contributed by atoms with E-state index in [-0.39, 0.29) is 0 Å². The summed E-state index contributed by atoms with van der Waals surface area (Å²) < 4.78 is 5.74. The summed E-state index contributed by atoms with van der Waals surface area (Å²) in [5.74, 6) is 0.808. The van der Waals surface area contributed by atoms with Gasteiger partial charge in [-0.2, -0.15) is 0 Å². The van der Waals surface area contributed by atoms with Crippen LogP contribution in [0.4, 0.5) is 5.69 Å². The number of nitrogens with two attached hydrogens (primary N) is 1. The molecule has 0 saturated carbocycles. The number of hydrogen-bond acceptors (Lipinski definition) is 3. The molecule has 0 aromatic heterocycles. The molecule has 0 saturated heterocycles. The molecule has 110 valence electrons. The number of ether oxygens (including phenoxy) is 1. The molecule has 0 bridgehead atoms. The Bertz CT molecular complexity index is 586. The summed E-state index contributed by atoms with van der Waals surface area (Å²) in [6.45, 7) is 1.61. The van der Waals surface area contributed by atoms with Gasteiger partial charge in [-0.15, -0.1) is 0 Å². The molecule has 0 spiro atoms. The van der Waals surface area contributed by atoms with Crippen molar-refractivity contribution in [1.82, 2.24) is 0 Å². The van der Waals surface area contributed by atoms with Gasteiger partial charge in [0.1, 0.15) is 10.7 Å². The molecule has 0 fully saturated rings. The molecule has 0 amide bonds. The summed E-state index contributed by atoms with van der Waals surface area (Å²) in [6.07, 6.45) is 0.947. The van der Waals surface area contributed by atoms with E-state index in [1.165, 1.54) is 5.69 Å². The third kappa shape index (κ3) is 4.76. The van der Waals surface area contributed by atoms with Gasteiger partial charge in [-0.25, -0.2) is 0 Å². The molecule has 2 aromatic carbocycles. The van der Waals surface area contributed by atoms with Gasteiger partial charge in [0.25, 0.3) is 0 Å². The first-order valence-electron chi connectivity index (χ1n) is 6.95. The van der Waals surface area contributed by atoms with Crippen LogP contribution in [0, 0.1) is 0 Å². The van der Waals surface area contributed by atoms with Crippen molar-refractivity contribution < 1.29 is 4.74 Å². The fraction of sp³-hybridized carbons (Fsp3) is 0.235. The van der Waals surface area contributed by atoms with E-state index < -0.39 is 0 Å². The Balaban J connectivity index is 1.77. The molecule has 2 N–H and O–H groups in total. The van der Waals surface area contributed by atoms with Crippen LogP contribution in [0.25, 0.3) is 0 Å². The lowest BCUT2D eigenvalue weighted by molar-refractivity contribution is 0.312. The van der Waals surface area contributed by atoms with Gasteiger partial charge < -0.3 is 15.4 Å². The van der Waals surface area contributed by atoms with Crippen LogP contribution in [0.2, 0.25) is 0 Å². The van der Waals surface area contributed by atoms with E-state index in [4.69, 9.17) is 22.7 Å². The van der Waals surface area contributed by atoms with E-state index >= 15 is 0 Å². The average Bonchev–Trinajstić information content (AvgIpc) is 2.52. The van der Waals surface area contributed by atoms with Crippen LogP contribution in [0.3, 0.4) is 0 Å². The SMILES string of the molecule is CN(CCCOc1cccc(C(N)=S)c1)c1ccccc1. The van der Waals surface area contributed by atoms with Crippen LogP contribution in [0.15, 0.2) is 54.6 Å². The number of para-hydroxylation sites is 1. The minimum Gasteiger partial charge on any atom is -0.494 e. The highest BCUT2D eigenvalue weighted by atomic mass is 32.1. The number of rotatable bonds is 7. The van der Waals surface area contributed by atoms with Crippen molar-refractivity contribution >= 4 is 22.9 Å². The van der Waals surface area contributed by atoms with Gasteiger partial charge in [-0.1, -0.05) is 42.5 Å². The lowest BCUT2D eigenvalue weighted by Gasteiger charge is -2.19. The number of benzene rings is 2. The third-order valence-electron chi connectivity index (χ3n) is 3.22. The second-order valence-corrected chi connectivity index (χ2v) is 5.29. The maximum absolute atomic E-state index is 5.74. The van der Waals surface area contributed by atoms with E-state index in [0.29, 0.717) is 11.6 Å². The van der Waals surface area contributed by atoms with Crippen LogP contribution >= 0.6 is 12.2 Å². The highest BCUT2D eigenvalue weighted by Gasteiger charge is 2.01. The summed E-state index contributed by atoms with van der Waals surface area (Å²) in [4.78, 5) is 2.61. The molecular weight excluding hydrogens is 280 g/mol. The van der Waals surface area contributed by atoms with Gasteiger partial charge in [0.05, 0.1) is 6.61 Å². The van der Waals surface area contributed by atoms with Gasteiger partial charge in [-0.3, -0.25) is 0 Å². The topological polar surface area (TPSA) is 38.5 Å². The maximum Gasteiger partial charge on any atom is 0.119 e. The van der Waals surface area contributed by atoms with Crippen LogP contribution in [0.1, 0.15) is 12.0 Å². The molecular formula is C17H20N2OS. The maximum atomic E-state index is 5.74. The lowest BCUT2D eigenvalue weighted by Crippen LogP contribution is -2.20. The second kappa shape index (κ2) is 7.64. The van der Waals surface area contributed by atoms with Gasteiger partial charge >= 0.3 is 0 Å². The quantitative estimate of drug-likeness (QED) is 0.629. The third-order valence-corrected chi connectivity index (χ3v) is 3.46. The Morgan fingerprint density at radius 2 is 1.90 bits per heavy atom. The molecule has 0 atom stereocenters. The molecule has 0 aliphatic rings. The smallest absolute Gasteiger partial charge is 0.119 e. The van der Waals surface area contributed by atoms with Crippen LogP contribution in [-0.2, 0) is 0 Å². The molecule has 0 aliphatic heterocycles. The Morgan fingerprint density at radius 1 is 1.14 bits per heavy atom. The Morgan fingerprint density at radius 3 is 2.62 bits per heavy atom. The first-order valence-corrected chi connectivity index (χ1v) is 7.36. The Kier molecular flexibility index (Phi) is 5.58. The normalized spacial score (nSPS) is 10.1. The molecule has 21 heavy (non-hydrogen) atoms. The Hall–Kier alpha value is -2.07. The number of hydrogen-bond donors (Lipinski definition) is 1. The Labute approximate surface area is 131 Å². The molecule has 4 heteroatoms. The molecule has 0 aliphatic carbocycles. The predicted molar refractivity (Wildman–Crippen MR) is 92.2 cm³/mol. The van der Waals surface area contributed by atoms with Crippen LogP contribution in [-0.4, -0.2) is 25.2 Å². The van der Waals surface area contributed by atoms with Crippen molar-refractivity contribution in [3.8, 4) is 5.75 Å². The highest BCUT2D eigenvalue weighted by Crippen LogP contribution is 2.14. The van der Waals surface area contributed by atoms with E-state index in [9.17, 15) is 0 Å². The van der Waals surface area contributed by atoms with Crippen molar-refractivity contribution in [2.45, 2.75) is 6.42 Å². The van der Waals surface area contributed by atoms with Gasteiger partial charge in [0.2, 0.25) is 0 Å². The van der Waals surface area contributed by atoms with Crippen LogP contribution in [0.5, 0.6) is 5.75 Å². The van der Waals surface area contributed by atoms with Crippen molar-refractivity contribution in [2.24, 2.45) is 5.73 Å². The minimum absolute atomic E-state index is 0.393. The number of nitrogens with zero attached hydrogens (tertiary/aromatic N) is 1. The van der Waals surface area contributed by atoms with E-state index in [0.717, 1.165) is 24.3 Å². The molecule has 3 nitrogen and oxygen atoms in total. The zero-order chi connectivity index (χ0) is 15.1. The van der Waals surface area contributed by atoms with Crippen LogP contribution < -0.4 is 15.4 Å². The summed E-state index contributed by atoms with van der Waals surface area (Å²) in [6, 6.07) is 17.9. The van der Waals surface area contributed by atoms with E-state index in [1.54, 1.807) is 0 Å². The van der Waals surface area contributed by atoms with E-state index in [2.05, 4.69) is 24.1 Å². The molecule has 0 radical (unpaired) electrons. The summed E-state index contributed by atoms with van der Waals surface area (Å²) in [5, 5.41) is 0. The highest BCUT2D eigenvalue weighted by molar-refractivity contribution is 7.80. The van der Waals surface area contributed by atoms with Crippen molar-refractivity contribution in [3.05, 3.63) is 60.2 Å². The average molecular weight is 300 g/mol.